The van der Waals surface area contributed by atoms with Gasteiger partial charge in [0, 0.05) is 28.4 Å². The first-order valence-corrected chi connectivity index (χ1v) is 4.85. The van der Waals surface area contributed by atoms with Crippen LogP contribution >= 0.6 is 15.9 Å². The molecule has 0 spiro atoms. The van der Waals surface area contributed by atoms with Crippen molar-refractivity contribution in [1.82, 2.24) is 15.5 Å². The number of hydrogen-bond acceptors (Lipinski definition) is 4. The number of rotatable bonds is 2. The molecule has 1 fully saturated rings. The van der Waals surface area contributed by atoms with E-state index in [0.29, 0.717) is 16.7 Å². The van der Waals surface area contributed by atoms with Crippen LogP contribution in [0.2, 0.25) is 0 Å². The molecule has 2 heterocycles. The van der Waals surface area contributed by atoms with E-state index in [0.717, 1.165) is 13.0 Å². The maximum absolute atomic E-state index is 5.20. The fourth-order valence-corrected chi connectivity index (χ4v) is 1.72. The molecule has 1 aliphatic heterocycles. The third-order valence-corrected chi connectivity index (χ3v) is 2.35. The van der Waals surface area contributed by atoms with Gasteiger partial charge in [0.25, 0.3) is 4.80 Å². The van der Waals surface area contributed by atoms with Crippen LogP contribution in [0.5, 0.6) is 0 Å². The highest BCUT2D eigenvalue weighted by Gasteiger charge is 2.17. The van der Waals surface area contributed by atoms with Gasteiger partial charge >= 0.3 is 0 Å². The van der Waals surface area contributed by atoms with Gasteiger partial charge in [-0.25, -0.2) is 0 Å². The van der Waals surface area contributed by atoms with Crippen LogP contribution < -0.4 is 5.32 Å². The predicted octanol–water partition coefficient (Wildman–Crippen LogP) is 1.13. The molecule has 0 aromatic carbocycles. The topological polar surface area (TPSA) is 51.0 Å². The van der Waals surface area contributed by atoms with Crippen LogP contribution in [0.3, 0.4) is 0 Å². The molecule has 1 aromatic rings. The number of nitrogens with one attached hydrogen (secondary N) is 1. The highest BCUT2D eigenvalue weighted by molar-refractivity contribution is 9.10. The zero-order chi connectivity index (χ0) is 8.39. The standard InChI is InChI=1S/C7H10BrN3O/c8-7-11-10-6(12-7)4-5-2-1-3-9-5/h5,9H,1-4H2. The molecule has 1 unspecified atom stereocenters. The van der Waals surface area contributed by atoms with E-state index >= 15 is 0 Å². The second-order valence-corrected chi connectivity index (χ2v) is 3.62. The molecule has 4 nitrogen and oxygen atoms in total. The maximum Gasteiger partial charge on any atom is 0.284 e. The number of hydrogen-bond donors (Lipinski definition) is 1. The Morgan fingerprint density at radius 2 is 2.50 bits per heavy atom. The molecule has 0 amide bonds. The summed E-state index contributed by atoms with van der Waals surface area (Å²) in [7, 11) is 0. The summed E-state index contributed by atoms with van der Waals surface area (Å²) in [5.74, 6) is 0.710. The predicted molar refractivity (Wildman–Crippen MR) is 46.7 cm³/mol. The molecule has 0 radical (unpaired) electrons. The van der Waals surface area contributed by atoms with Gasteiger partial charge in [-0.3, -0.25) is 0 Å². The number of halogens is 1. The molecule has 2 rings (SSSR count). The largest absolute Gasteiger partial charge is 0.416 e. The lowest BCUT2D eigenvalue weighted by Gasteiger charge is -2.04. The molecule has 1 aromatic heterocycles. The van der Waals surface area contributed by atoms with Gasteiger partial charge in [-0.05, 0) is 19.4 Å². The normalized spacial score (nSPS) is 23.2. The van der Waals surface area contributed by atoms with Crippen molar-refractivity contribution in [2.45, 2.75) is 25.3 Å². The van der Waals surface area contributed by atoms with Gasteiger partial charge in [-0.2, -0.15) is 0 Å². The molecule has 1 atom stereocenters. The molecule has 5 heteroatoms. The van der Waals surface area contributed by atoms with Crippen LogP contribution in [0.15, 0.2) is 9.22 Å². The Morgan fingerprint density at radius 1 is 1.58 bits per heavy atom. The Kier molecular flexibility index (Phi) is 2.41. The first-order valence-electron chi connectivity index (χ1n) is 4.06. The van der Waals surface area contributed by atoms with E-state index in [-0.39, 0.29) is 0 Å². The van der Waals surface area contributed by atoms with Crippen molar-refractivity contribution in [1.29, 1.82) is 0 Å². The highest BCUT2D eigenvalue weighted by atomic mass is 79.9. The summed E-state index contributed by atoms with van der Waals surface area (Å²) in [6.07, 6.45) is 3.30. The minimum absolute atomic E-state index is 0.468. The summed E-state index contributed by atoms with van der Waals surface area (Å²) < 4.78 is 5.20. The Bertz CT molecular complexity index is 257. The molecule has 12 heavy (non-hydrogen) atoms. The minimum Gasteiger partial charge on any atom is -0.416 e. The second kappa shape index (κ2) is 3.53. The SMILES string of the molecule is Brc1nnc(CC2CCCN2)o1. The fourth-order valence-electron chi connectivity index (χ4n) is 1.46. The van der Waals surface area contributed by atoms with Gasteiger partial charge in [0.15, 0.2) is 0 Å². The van der Waals surface area contributed by atoms with Crippen LogP contribution in [0.4, 0.5) is 0 Å². The molecular weight excluding hydrogens is 222 g/mol. The van der Waals surface area contributed by atoms with Crippen LogP contribution in [0.1, 0.15) is 18.7 Å². The van der Waals surface area contributed by atoms with Gasteiger partial charge in [0.2, 0.25) is 5.89 Å². The molecule has 0 bridgehead atoms. The van der Waals surface area contributed by atoms with E-state index in [9.17, 15) is 0 Å². The van der Waals surface area contributed by atoms with Gasteiger partial charge < -0.3 is 9.73 Å². The van der Waals surface area contributed by atoms with E-state index in [1.807, 2.05) is 0 Å². The van der Waals surface area contributed by atoms with Gasteiger partial charge in [-0.15, -0.1) is 10.2 Å². The summed E-state index contributed by atoms with van der Waals surface area (Å²) in [6, 6.07) is 0.525. The Labute approximate surface area is 78.9 Å². The fraction of sp³-hybridized carbons (Fsp3) is 0.714. The third-order valence-electron chi connectivity index (χ3n) is 2.03. The Balaban J connectivity index is 1.94. The van der Waals surface area contributed by atoms with Crippen LogP contribution in [0.25, 0.3) is 0 Å². The molecule has 66 valence electrons. The van der Waals surface area contributed by atoms with Crippen molar-refractivity contribution in [2.75, 3.05) is 6.54 Å². The summed E-state index contributed by atoms with van der Waals surface area (Å²) in [5.41, 5.74) is 0. The smallest absolute Gasteiger partial charge is 0.284 e. The summed E-state index contributed by atoms with van der Waals surface area (Å²) >= 11 is 3.12. The first kappa shape index (κ1) is 8.19. The molecule has 0 saturated carbocycles. The zero-order valence-corrected chi connectivity index (χ0v) is 8.17. The maximum atomic E-state index is 5.20. The van der Waals surface area contributed by atoms with E-state index < -0.39 is 0 Å². The van der Waals surface area contributed by atoms with Gasteiger partial charge in [0.05, 0.1) is 0 Å². The average molecular weight is 232 g/mol. The third kappa shape index (κ3) is 1.84. The van der Waals surface area contributed by atoms with Crippen molar-refractivity contribution >= 4 is 15.9 Å². The van der Waals surface area contributed by atoms with Crippen LogP contribution in [-0.4, -0.2) is 22.8 Å². The molecule has 1 aliphatic rings. The Morgan fingerprint density at radius 3 is 3.08 bits per heavy atom. The average Bonchev–Trinajstić information content (AvgIpc) is 2.63. The molecule has 0 aliphatic carbocycles. The monoisotopic (exact) mass is 231 g/mol. The lowest BCUT2D eigenvalue weighted by Crippen LogP contribution is -2.23. The first-order chi connectivity index (χ1) is 5.84. The van der Waals surface area contributed by atoms with Gasteiger partial charge in [-0.1, -0.05) is 0 Å². The zero-order valence-electron chi connectivity index (χ0n) is 6.59. The van der Waals surface area contributed by atoms with E-state index in [1.165, 1.54) is 12.8 Å². The second-order valence-electron chi connectivity index (χ2n) is 2.95. The van der Waals surface area contributed by atoms with Crippen molar-refractivity contribution in [2.24, 2.45) is 0 Å². The molecular formula is C7H10BrN3O. The van der Waals surface area contributed by atoms with Crippen molar-refractivity contribution in [3.63, 3.8) is 0 Å². The number of nitrogens with zero attached hydrogens (tertiary/aromatic N) is 2. The Hall–Kier alpha value is -0.420. The quantitative estimate of drug-likeness (QED) is 0.830. The van der Waals surface area contributed by atoms with Crippen LogP contribution in [-0.2, 0) is 6.42 Å². The number of aromatic nitrogens is 2. The van der Waals surface area contributed by atoms with Crippen molar-refractivity contribution in [3.8, 4) is 0 Å². The van der Waals surface area contributed by atoms with Crippen molar-refractivity contribution in [3.05, 3.63) is 10.7 Å². The van der Waals surface area contributed by atoms with Crippen LogP contribution in [0, 0.1) is 0 Å². The van der Waals surface area contributed by atoms with Gasteiger partial charge in [0.1, 0.15) is 0 Å². The summed E-state index contributed by atoms with van der Waals surface area (Å²) in [5, 5.41) is 11.0. The molecule has 1 N–H and O–H groups in total. The lowest BCUT2D eigenvalue weighted by atomic mass is 10.2. The molecule has 1 saturated heterocycles. The highest BCUT2D eigenvalue weighted by Crippen LogP contribution is 2.13. The minimum atomic E-state index is 0.468. The summed E-state index contributed by atoms with van der Waals surface area (Å²) in [4.78, 5) is 0.468. The lowest BCUT2D eigenvalue weighted by molar-refractivity contribution is 0.440. The van der Waals surface area contributed by atoms with E-state index in [2.05, 4.69) is 31.4 Å². The summed E-state index contributed by atoms with van der Waals surface area (Å²) in [6.45, 7) is 1.11. The van der Waals surface area contributed by atoms with E-state index in [4.69, 9.17) is 4.42 Å². The van der Waals surface area contributed by atoms with E-state index in [1.54, 1.807) is 0 Å². The van der Waals surface area contributed by atoms with Crippen molar-refractivity contribution < 1.29 is 4.42 Å².